The Labute approximate surface area is 245 Å². The molecule has 3 saturated heterocycles. The van der Waals surface area contributed by atoms with Crippen molar-refractivity contribution in [2.24, 2.45) is 11.8 Å². The fourth-order valence-corrected chi connectivity index (χ4v) is 8.02. The molecule has 6 rings (SSSR count). The van der Waals surface area contributed by atoms with E-state index >= 15 is 0 Å². The molecule has 0 radical (unpaired) electrons. The second kappa shape index (κ2) is 11.6. The van der Waals surface area contributed by atoms with Gasteiger partial charge in [0.15, 0.2) is 0 Å². The summed E-state index contributed by atoms with van der Waals surface area (Å²) in [6.07, 6.45) is 13.2. The zero-order valence-electron chi connectivity index (χ0n) is 22.7. The van der Waals surface area contributed by atoms with Crippen LogP contribution in [0.5, 0.6) is 0 Å². The Balaban J connectivity index is 1.26. The minimum Gasteiger partial charge on any atom is -0.359 e. The molecule has 10 heteroatoms. The largest absolute Gasteiger partial charge is 0.359 e. The monoisotopic (exact) mass is 588 g/mol. The number of fused-ring (bicyclic) bond motifs is 1. The molecule has 1 aromatic carbocycles. The van der Waals surface area contributed by atoms with E-state index in [1.54, 1.807) is 23.1 Å². The predicted octanol–water partition coefficient (Wildman–Crippen LogP) is 4.41. The number of hydrogen-bond donors (Lipinski definition) is 2. The Morgan fingerprint density at radius 3 is 2.30 bits per heavy atom. The first kappa shape index (κ1) is 28.0. The van der Waals surface area contributed by atoms with Crippen LogP contribution in [0.3, 0.4) is 0 Å². The summed E-state index contributed by atoms with van der Waals surface area (Å²) < 4.78 is 6.48. The van der Waals surface area contributed by atoms with Crippen LogP contribution in [0.25, 0.3) is 0 Å². The molecule has 2 N–H and O–H groups in total. The maximum absolute atomic E-state index is 14.2. The van der Waals surface area contributed by atoms with Gasteiger partial charge in [0.2, 0.25) is 17.7 Å². The predicted molar refractivity (Wildman–Crippen MR) is 154 cm³/mol. The number of rotatable bonds is 7. The summed E-state index contributed by atoms with van der Waals surface area (Å²) >= 11 is 12.3. The van der Waals surface area contributed by atoms with Crippen molar-refractivity contribution in [2.45, 2.75) is 81.6 Å². The molecule has 4 aliphatic heterocycles. The van der Waals surface area contributed by atoms with Crippen LogP contribution in [0.4, 0.5) is 5.69 Å². The molecule has 1 spiro atoms. The molecule has 1 saturated carbocycles. The molecular weight excluding hydrogens is 551 g/mol. The molecule has 216 valence electrons. The lowest BCUT2D eigenvalue weighted by Gasteiger charge is -2.35. The van der Waals surface area contributed by atoms with Crippen LogP contribution in [0.1, 0.15) is 57.8 Å². The number of carbonyl (C=O) groups is 3. The molecule has 2 bridgehead atoms. The molecular formula is C30H38Cl2N4O4. The van der Waals surface area contributed by atoms with Crippen molar-refractivity contribution in [2.75, 3.05) is 31.5 Å². The van der Waals surface area contributed by atoms with Gasteiger partial charge >= 0.3 is 0 Å². The van der Waals surface area contributed by atoms with Gasteiger partial charge in [-0.3, -0.25) is 14.4 Å². The third-order valence-corrected chi connectivity index (χ3v) is 9.80. The van der Waals surface area contributed by atoms with Crippen LogP contribution in [-0.2, 0) is 19.1 Å². The Hall–Kier alpha value is -2.13. The topological polar surface area (TPSA) is 91.0 Å². The number of halogens is 2. The van der Waals surface area contributed by atoms with Gasteiger partial charge in [0, 0.05) is 34.9 Å². The van der Waals surface area contributed by atoms with Gasteiger partial charge in [0.05, 0.1) is 17.9 Å². The zero-order chi connectivity index (χ0) is 27.9. The fourth-order valence-electron chi connectivity index (χ4n) is 7.50. The standard InChI is InChI=1S/C30H38Cl2N4O4/c31-19-16-20(32)18-22(17-19)34-27(37)24-23-10-11-30(40-23)25(24)29(39)36(15-14-35-12-6-1-2-7-13-35)26(30)28(38)33-21-8-4-3-5-9-21/h10-11,16-18,21,23-26H,1-9,12-15H2,(H,33,38)(H,34,37)/t23-,24+,25-,26+,30-/m0/s1. The maximum atomic E-state index is 14.2. The van der Waals surface area contributed by atoms with Crippen LogP contribution in [0, 0.1) is 11.8 Å². The molecule has 1 aliphatic carbocycles. The Morgan fingerprint density at radius 2 is 1.60 bits per heavy atom. The molecule has 5 aliphatic rings. The minimum absolute atomic E-state index is 0.105. The van der Waals surface area contributed by atoms with Gasteiger partial charge in [-0.2, -0.15) is 0 Å². The van der Waals surface area contributed by atoms with E-state index in [2.05, 4.69) is 15.5 Å². The molecule has 0 unspecified atom stereocenters. The van der Waals surface area contributed by atoms with Crippen molar-refractivity contribution in [1.82, 2.24) is 15.1 Å². The number of amides is 3. The highest BCUT2D eigenvalue weighted by Crippen LogP contribution is 2.55. The van der Waals surface area contributed by atoms with Crippen molar-refractivity contribution in [3.8, 4) is 0 Å². The number of hydrogen-bond acceptors (Lipinski definition) is 5. The van der Waals surface area contributed by atoms with Crippen molar-refractivity contribution in [1.29, 1.82) is 0 Å². The lowest BCUT2D eigenvalue weighted by atomic mass is 9.74. The third kappa shape index (κ3) is 5.28. The van der Waals surface area contributed by atoms with Crippen molar-refractivity contribution < 1.29 is 19.1 Å². The number of likely N-dealkylation sites (tertiary alicyclic amines) is 2. The summed E-state index contributed by atoms with van der Waals surface area (Å²) in [7, 11) is 0. The first-order chi connectivity index (χ1) is 19.4. The van der Waals surface area contributed by atoms with Crippen LogP contribution in [0.2, 0.25) is 10.0 Å². The van der Waals surface area contributed by atoms with Gasteiger partial charge in [-0.05, 0) is 57.0 Å². The van der Waals surface area contributed by atoms with Gasteiger partial charge < -0.3 is 25.2 Å². The van der Waals surface area contributed by atoms with E-state index in [9.17, 15) is 14.4 Å². The smallest absolute Gasteiger partial charge is 0.246 e. The van der Waals surface area contributed by atoms with Crippen molar-refractivity contribution in [3.05, 3.63) is 40.4 Å². The van der Waals surface area contributed by atoms with E-state index in [-0.39, 0.29) is 23.8 Å². The number of carbonyl (C=O) groups excluding carboxylic acids is 3. The summed E-state index contributed by atoms with van der Waals surface area (Å²) in [4.78, 5) is 45.9. The second-order valence-corrected chi connectivity index (χ2v) is 12.9. The third-order valence-electron chi connectivity index (χ3n) is 9.36. The molecule has 4 heterocycles. The minimum atomic E-state index is -1.16. The molecule has 5 atom stereocenters. The number of nitrogens with zero attached hydrogens (tertiary/aromatic N) is 2. The zero-order valence-corrected chi connectivity index (χ0v) is 24.3. The van der Waals surface area contributed by atoms with Gasteiger partial charge in [-0.15, -0.1) is 0 Å². The summed E-state index contributed by atoms with van der Waals surface area (Å²) in [6, 6.07) is 4.13. The normalized spacial score (nSPS) is 32.2. The van der Waals surface area contributed by atoms with Crippen molar-refractivity contribution in [3.63, 3.8) is 0 Å². The first-order valence-electron chi connectivity index (χ1n) is 14.8. The van der Waals surface area contributed by atoms with Gasteiger partial charge in [0.25, 0.3) is 0 Å². The van der Waals surface area contributed by atoms with Crippen LogP contribution >= 0.6 is 23.2 Å². The second-order valence-electron chi connectivity index (χ2n) is 12.0. The quantitative estimate of drug-likeness (QED) is 0.460. The molecule has 40 heavy (non-hydrogen) atoms. The van der Waals surface area contributed by atoms with E-state index in [0.717, 1.165) is 51.6 Å². The van der Waals surface area contributed by atoms with E-state index < -0.39 is 29.6 Å². The highest BCUT2D eigenvalue weighted by Gasteiger charge is 2.72. The van der Waals surface area contributed by atoms with Gasteiger partial charge in [0.1, 0.15) is 11.6 Å². The van der Waals surface area contributed by atoms with E-state index in [4.69, 9.17) is 27.9 Å². The summed E-state index contributed by atoms with van der Waals surface area (Å²) in [5, 5.41) is 6.95. The van der Waals surface area contributed by atoms with Crippen LogP contribution in [0.15, 0.2) is 30.4 Å². The maximum Gasteiger partial charge on any atom is 0.246 e. The van der Waals surface area contributed by atoms with E-state index in [1.807, 2.05) is 12.2 Å². The summed E-state index contributed by atoms with van der Waals surface area (Å²) in [6.45, 7) is 3.13. The number of anilines is 1. The van der Waals surface area contributed by atoms with Gasteiger partial charge in [-0.25, -0.2) is 0 Å². The number of benzene rings is 1. The van der Waals surface area contributed by atoms with E-state index in [1.165, 1.54) is 19.3 Å². The molecule has 1 aromatic rings. The van der Waals surface area contributed by atoms with Gasteiger partial charge in [-0.1, -0.05) is 67.5 Å². The molecule has 0 aromatic heterocycles. The number of nitrogens with one attached hydrogen (secondary N) is 2. The molecule has 3 amide bonds. The van der Waals surface area contributed by atoms with E-state index in [0.29, 0.717) is 28.8 Å². The molecule has 8 nitrogen and oxygen atoms in total. The Kier molecular flexibility index (Phi) is 8.14. The Bertz CT molecular complexity index is 1160. The van der Waals surface area contributed by atoms with Crippen LogP contribution in [-0.4, -0.2) is 77.5 Å². The average Bonchev–Trinajstić information content (AvgIpc) is 3.46. The van der Waals surface area contributed by atoms with Crippen LogP contribution < -0.4 is 10.6 Å². The Morgan fingerprint density at radius 1 is 0.925 bits per heavy atom. The van der Waals surface area contributed by atoms with Crippen molar-refractivity contribution >= 4 is 46.6 Å². The number of ether oxygens (including phenoxy) is 1. The SMILES string of the molecule is O=C(Nc1cc(Cl)cc(Cl)c1)[C@@H]1[C@@H]2C=C[C@]3(O2)[C@@H]1C(=O)N(CCN1CCCCCC1)[C@@H]3C(=O)NC1CCCCC1. The fraction of sp³-hybridized carbons (Fsp3) is 0.633. The highest BCUT2D eigenvalue weighted by molar-refractivity contribution is 6.35. The first-order valence-corrected chi connectivity index (χ1v) is 15.6. The summed E-state index contributed by atoms with van der Waals surface area (Å²) in [5.41, 5.74) is -0.703. The highest BCUT2D eigenvalue weighted by atomic mass is 35.5. The lowest BCUT2D eigenvalue weighted by molar-refractivity contribution is -0.141. The summed E-state index contributed by atoms with van der Waals surface area (Å²) in [5.74, 6) is -2.23. The average molecular weight is 590 g/mol. The lowest BCUT2D eigenvalue weighted by Crippen LogP contribution is -2.57. The molecule has 4 fully saturated rings.